The van der Waals surface area contributed by atoms with Crippen LogP contribution in [0.15, 0.2) is 15.1 Å². The topological polar surface area (TPSA) is 86.0 Å². The summed E-state index contributed by atoms with van der Waals surface area (Å²) < 4.78 is 29.8. The van der Waals surface area contributed by atoms with E-state index >= 15 is 0 Å². The fourth-order valence-corrected chi connectivity index (χ4v) is 4.10. The van der Waals surface area contributed by atoms with E-state index in [-0.39, 0.29) is 21.3 Å². The van der Waals surface area contributed by atoms with Crippen LogP contribution >= 0.6 is 11.3 Å². The molecule has 2 heterocycles. The number of rotatable bonds is 5. The molecule has 0 saturated heterocycles. The molecule has 0 fully saturated rings. The number of sulfone groups is 1. The van der Waals surface area contributed by atoms with Crippen molar-refractivity contribution in [2.45, 2.75) is 56.0 Å². The Morgan fingerprint density at radius 3 is 2.62 bits per heavy atom. The van der Waals surface area contributed by atoms with Crippen LogP contribution in [-0.2, 0) is 27.4 Å². The quantitative estimate of drug-likeness (QED) is 0.838. The van der Waals surface area contributed by atoms with E-state index in [4.69, 9.17) is 4.52 Å². The van der Waals surface area contributed by atoms with Crippen LogP contribution in [0.2, 0.25) is 0 Å². The van der Waals surface area contributed by atoms with Gasteiger partial charge in [-0.15, -0.1) is 11.3 Å². The molecule has 2 aromatic rings. The molecule has 21 heavy (non-hydrogen) atoms. The Morgan fingerprint density at radius 1 is 1.33 bits per heavy atom. The number of thiazole rings is 1. The molecule has 0 aliphatic carbocycles. The molecule has 0 atom stereocenters. The molecule has 0 amide bonds. The minimum Gasteiger partial charge on any atom is -0.339 e. The highest BCUT2D eigenvalue weighted by Crippen LogP contribution is 2.30. The minimum atomic E-state index is -3.53. The summed E-state index contributed by atoms with van der Waals surface area (Å²) in [4.78, 5) is 9.06. The third kappa shape index (κ3) is 3.88. The Labute approximate surface area is 128 Å². The zero-order valence-electron chi connectivity index (χ0n) is 12.6. The molecule has 0 radical (unpaired) electrons. The van der Waals surface area contributed by atoms with Crippen LogP contribution in [0.3, 0.4) is 0 Å². The van der Waals surface area contributed by atoms with Gasteiger partial charge < -0.3 is 4.52 Å². The van der Waals surface area contributed by atoms with E-state index in [2.05, 4.69) is 15.1 Å². The van der Waals surface area contributed by atoms with Crippen LogP contribution in [-0.4, -0.2) is 23.5 Å². The smallest absolute Gasteiger partial charge is 0.226 e. The maximum Gasteiger partial charge on any atom is 0.226 e. The Balaban J connectivity index is 2.19. The number of aryl methyl sites for hydroxylation is 1. The first-order chi connectivity index (χ1) is 9.72. The fraction of sp³-hybridized carbons (Fsp3) is 0.615. The third-order valence-electron chi connectivity index (χ3n) is 2.78. The molecule has 2 rings (SSSR count). The fourth-order valence-electron chi connectivity index (χ4n) is 1.64. The highest BCUT2D eigenvalue weighted by atomic mass is 32.2. The second-order valence-electron chi connectivity index (χ2n) is 5.85. The van der Waals surface area contributed by atoms with Crippen LogP contribution in [0.1, 0.15) is 50.7 Å². The van der Waals surface area contributed by atoms with Gasteiger partial charge in [-0.1, -0.05) is 32.9 Å². The molecule has 0 unspecified atom stereocenters. The second-order valence-corrected chi connectivity index (χ2v) is 9.05. The lowest BCUT2D eigenvalue weighted by molar-refractivity contribution is 0.373. The first kappa shape index (κ1) is 16.1. The van der Waals surface area contributed by atoms with Crippen molar-refractivity contribution < 1.29 is 12.9 Å². The van der Waals surface area contributed by atoms with Crippen molar-refractivity contribution >= 4 is 21.2 Å². The van der Waals surface area contributed by atoms with Gasteiger partial charge in [0.2, 0.25) is 20.1 Å². The lowest BCUT2D eigenvalue weighted by atomic mass is 9.96. The van der Waals surface area contributed by atoms with Crippen LogP contribution < -0.4 is 0 Å². The Hall–Kier alpha value is -1.28. The molecule has 0 saturated carbocycles. The van der Waals surface area contributed by atoms with Gasteiger partial charge in [0.1, 0.15) is 5.75 Å². The maximum absolute atomic E-state index is 12.3. The average molecular weight is 329 g/mol. The van der Waals surface area contributed by atoms with Gasteiger partial charge in [0.15, 0.2) is 5.82 Å². The van der Waals surface area contributed by atoms with Gasteiger partial charge in [-0.05, 0) is 11.8 Å². The van der Waals surface area contributed by atoms with Crippen LogP contribution in [0.25, 0.3) is 0 Å². The number of hydrogen-bond acceptors (Lipinski definition) is 7. The molecule has 0 N–H and O–H groups in total. The summed E-state index contributed by atoms with van der Waals surface area (Å²) in [5.74, 6) is 0.375. The van der Waals surface area contributed by atoms with E-state index in [0.717, 1.165) is 11.3 Å². The molecular weight excluding hydrogens is 310 g/mol. The van der Waals surface area contributed by atoms with Crippen molar-refractivity contribution in [1.29, 1.82) is 0 Å². The van der Waals surface area contributed by atoms with Gasteiger partial charge >= 0.3 is 0 Å². The van der Waals surface area contributed by atoms with E-state index in [0.29, 0.717) is 12.3 Å². The molecule has 8 heteroatoms. The summed E-state index contributed by atoms with van der Waals surface area (Å²) in [6.45, 7) is 8.05. The van der Waals surface area contributed by atoms with Gasteiger partial charge in [-0.25, -0.2) is 13.4 Å². The van der Waals surface area contributed by atoms with Crippen LogP contribution in [0, 0.1) is 0 Å². The largest absolute Gasteiger partial charge is 0.339 e. The van der Waals surface area contributed by atoms with Crippen molar-refractivity contribution in [3.63, 3.8) is 0 Å². The van der Waals surface area contributed by atoms with Crippen LogP contribution in [0.5, 0.6) is 0 Å². The van der Waals surface area contributed by atoms with Crippen molar-refractivity contribution in [3.8, 4) is 0 Å². The van der Waals surface area contributed by atoms with Gasteiger partial charge in [-0.3, -0.25) is 0 Å². The predicted octanol–water partition coefficient (Wildman–Crippen LogP) is 2.75. The van der Waals surface area contributed by atoms with Crippen molar-refractivity contribution in [2.24, 2.45) is 0 Å². The third-order valence-corrected chi connectivity index (χ3v) is 6.29. The second kappa shape index (κ2) is 5.84. The van der Waals surface area contributed by atoms with E-state index in [1.807, 2.05) is 27.7 Å². The molecule has 0 aliphatic heterocycles. The Morgan fingerprint density at radius 2 is 2.05 bits per heavy atom. The highest BCUT2D eigenvalue weighted by Gasteiger charge is 2.25. The summed E-state index contributed by atoms with van der Waals surface area (Å²) in [5.41, 5.74) is -0.119. The number of nitrogens with zero attached hydrogens (tertiary/aromatic N) is 3. The molecule has 0 bridgehead atoms. The predicted molar refractivity (Wildman–Crippen MR) is 80.0 cm³/mol. The van der Waals surface area contributed by atoms with Gasteiger partial charge in [0.05, 0.1) is 0 Å². The normalized spacial score (nSPS) is 12.8. The highest BCUT2D eigenvalue weighted by molar-refractivity contribution is 7.92. The summed E-state index contributed by atoms with van der Waals surface area (Å²) in [5, 5.41) is 3.71. The monoisotopic (exact) mass is 329 g/mol. The summed E-state index contributed by atoms with van der Waals surface area (Å²) in [6.07, 6.45) is 3.14. The molecule has 116 valence electrons. The summed E-state index contributed by atoms with van der Waals surface area (Å²) >= 11 is 1.20. The number of hydrogen-bond donors (Lipinski definition) is 0. The Bertz CT molecular complexity index is 711. The molecule has 0 aliphatic rings. The molecule has 0 aromatic carbocycles. The first-order valence-electron chi connectivity index (χ1n) is 6.73. The van der Waals surface area contributed by atoms with E-state index in [1.54, 1.807) is 6.20 Å². The van der Waals surface area contributed by atoms with E-state index < -0.39 is 9.84 Å². The maximum atomic E-state index is 12.3. The molecular formula is C13H19N3O3S2. The SMILES string of the molecule is CCCc1nc(CS(=O)(=O)c2ncc(C(C)(C)C)s2)no1. The van der Waals surface area contributed by atoms with Gasteiger partial charge in [-0.2, -0.15) is 4.98 Å². The van der Waals surface area contributed by atoms with E-state index in [1.165, 1.54) is 11.3 Å². The lowest BCUT2D eigenvalue weighted by Gasteiger charge is -2.14. The average Bonchev–Trinajstić information content (AvgIpc) is 2.97. The van der Waals surface area contributed by atoms with Crippen LogP contribution in [0.4, 0.5) is 0 Å². The van der Waals surface area contributed by atoms with E-state index in [9.17, 15) is 8.42 Å². The Kier molecular flexibility index (Phi) is 4.48. The standard InChI is InChI=1S/C13H19N3O3S2/c1-5-6-11-15-10(16-19-11)8-21(17,18)12-14-7-9(20-12)13(2,3)4/h7H,5-6,8H2,1-4H3. The molecule has 0 spiro atoms. The van der Waals surface area contributed by atoms with Gasteiger partial charge in [0.25, 0.3) is 0 Å². The summed E-state index contributed by atoms with van der Waals surface area (Å²) in [6, 6.07) is 0. The van der Waals surface area contributed by atoms with Crippen molar-refractivity contribution in [3.05, 3.63) is 22.8 Å². The summed E-state index contributed by atoms with van der Waals surface area (Å²) in [7, 11) is -3.53. The zero-order chi connectivity index (χ0) is 15.7. The first-order valence-corrected chi connectivity index (χ1v) is 9.20. The van der Waals surface area contributed by atoms with Gasteiger partial charge in [0, 0.05) is 17.5 Å². The van der Waals surface area contributed by atoms with Crippen molar-refractivity contribution in [1.82, 2.24) is 15.1 Å². The zero-order valence-corrected chi connectivity index (χ0v) is 14.2. The molecule has 6 nitrogen and oxygen atoms in total. The number of aromatic nitrogens is 3. The van der Waals surface area contributed by atoms with Crippen molar-refractivity contribution in [2.75, 3.05) is 0 Å². The molecule has 2 aromatic heterocycles. The lowest BCUT2D eigenvalue weighted by Crippen LogP contribution is -2.08. The minimum absolute atomic E-state index is 0.106.